The molecule has 1 aromatic carbocycles. The van der Waals surface area contributed by atoms with Gasteiger partial charge in [0.1, 0.15) is 0 Å². The van der Waals surface area contributed by atoms with Crippen molar-refractivity contribution in [3.05, 3.63) is 42.1 Å². The molecule has 1 heterocycles. The summed E-state index contributed by atoms with van der Waals surface area (Å²) in [6, 6.07) is 8.96. The number of hydrogen-bond acceptors (Lipinski definition) is 4. The van der Waals surface area contributed by atoms with Gasteiger partial charge in [-0.3, -0.25) is 0 Å². The first-order valence-electron chi connectivity index (χ1n) is 7.88. The molecule has 0 radical (unpaired) electrons. The molecule has 24 heavy (non-hydrogen) atoms. The van der Waals surface area contributed by atoms with Crippen LogP contribution >= 0.6 is 0 Å². The number of ether oxygens (including phenoxy) is 2. The summed E-state index contributed by atoms with van der Waals surface area (Å²) in [4.78, 5) is 16.0. The van der Waals surface area contributed by atoms with E-state index in [0.29, 0.717) is 23.1 Å². The van der Waals surface area contributed by atoms with Crippen LogP contribution in [0.15, 0.2) is 36.5 Å². The van der Waals surface area contributed by atoms with E-state index in [4.69, 9.17) is 9.47 Å². The molecule has 0 unspecified atom stereocenters. The minimum absolute atomic E-state index is 0.120. The average molecular weight is 329 g/mol. The molecular weight excluding hydrogens is 306 g/mol. The van der Waals surface area contributed by atoms with Gasteiger partial charge in [0.2, 0.25) is 5.88 Å². The molecule has 128 valence electrons. The molecule has 0 aliphatic rings. The molecule has 0 saturated heterocycles. The standard InChI is InChI=1S/C18H23N3O3/c1-5-13(3)20-18(22)21-14-7-9-17(19-11-14)24-15-8-6-12(2)10-16(15)23-4/h6-11,13H,5H2,1-4H3,(H2,20,21,22)/t13-/m1/s1. The van der Waals surface area contributed by atoms with Gasteiger partial charge in [0, 0.05) is 12.1 Å². The predicted octanol–water partition coefficient (Wildman–Crippen LogP) is 4.11. The first-order valence-corrected chi connectivity index (χ1v) is 7.88. The second-order valence-corrected chi connectivity index (χ2v) is 5.55. The van der Waals surface area contributed by atoms with Crippen LogP contribution in [0.4, 0.5) is 10.5 Å². The van der Waals surface area contributed by atoms with Crippen LogP contribution in [-0.2, 0) is 0 Å². The fourth-order valence-electron chi connectivity index (χ4n) is 1.98. The van der Waals surface area contributed by atoms with Crippen molar-refractivity contribution in [1.82, 2.24) is 10.3 Å². The van der Waals surface area contributed by atoms with Crippen LogP contribution in [0.3, 0.4) is 0 Å². The van der Waals surface area contributed by atoms with E-state index in [1.165, 1.54) is 0 Å². The topological polar surface area (TPSA) is 72.5 Å². The van der Waals surface area contributed by atoms with Crippen molar-refractivity contribution in [3.63, 3.8) is 0 Å². The summed E-state index contributed by atoms with van der Waals surface area (Å²) in [6.07, 6.45) is 2.42. The highest BCUT2D eigenvalue weighted by atomic mass is 16.5. The predicted molar refractivity (Wildman–Crippen MR) is 93.9 cm³/mol. The van der Waals surface area contributed by atoms with Crippen molar-refractivity contribution in [2.24, 2.45) is 0 Å². The first kappa shape index (κ1) is 17.6. The minimum atomic E-state index is -0.250. The number of aryl methyl sites for hydroxylation is 1. The van der Waals surface area contributed by atoms with Gasteiger partial charge in [-0.25, -0.2) is 9.78 Å². The maximum absolute atomic E-state index is 11.8. The summed E-state index contributed by atoms with van der Waals surface area (Å²) >= 11 is 0. The van der Waals surface area contributed by atoms with Crippen LogP contribution < -0.4 is 20.1 Å². The number of anilines is 1. The number of aromatic nitrogens is 1. The van der Waals surface area contributed by atoms with Gasteiger partial charge in [-0.15, -0.1) is 0 Å². The van der Waals surface area contributed by atoms with Crippen molar-refractivity contribution in [2.45, 2.75) is 33.2 Å². The summed E-state index contributed by atoms with van der Waals surface area (Å²) < 4.78 is 11.0. The lowest BCUT2D eigenvalue weighted by Crippen LogP contribution is -2.35. The summed E-state index contributed by atoms with van der Waals surface area (Å²) in [5.74, 6) is 1.66. The Morgan fingerprint density at radius 1 is 1.25 bits per heavy atom. The quantitative estimate of drug-likeness (QED) is 0.836. The fourth-order valence-corrected chi connectivity index (χ4v) is 1.98. The summed E-state index contributed by atoms with van der Waals surface area (Å²) in [5, 5.41) is 5.56. The third-order valence-electron chi connectivity index (χ3n) is 3.52. The summed E-state index contributed by atoms with van der Waals surface area (Å²) in [6.45, 7) is 5.94. The number of nitrogens with one attached hydrogen (secondary N) is 2. The number of pyridine rings is 1. The number of carbonyl (C=O) groups excluding carboxylic acids is 1. The van der Waals surface area contributed by atoms with Gasteiger partial charge in [-0.1, -0.05) is 13.0 Å². The molecule has 1 atom stereocenters. The molecule has 2 aromatic rings. The number of hydrogen-bond donors (Lipinski definition) is 2. The van der Waals surface area contributed by atoms with Crippen LogP contribution in [0.5, 0.6) is 17.4 Å². The number of amides is 2. The monoisotopic (exact) mass is 329 g/mol. The third kappa shape index (κ3) is 4.87. The number of nitrogens with zero attached hydrogens (tertiary/aromatic N) is 1. The average Bonchev–Trinajstić information content (AvgIpc) is 2.57. The zero-order valence-electron chi connectivity index (χ0n) is 14.4. The Labute approximate surface area is 142 Å². The second kappa shape index (κ2) is 8.19. The van der Waals surface area contributed by atoms with E-state index in [1.54, 1.807) is 25.4 Å². The van der Waals surface area contributed by atoms with Gasteiger partial charge in [0.15, 0.2) is 11.5 Å². The van der Waals surface area contributed by atoms with Crippen molar-refractivity contribution >= 4 is 11.7 Å². The molecule has 0 fully saturated rings. The Balaban J connectivity index is 2.01. The lowest BCUT2D eigenvalue weighted by atomic mass is 10.2. The maximum Gasteiger partial charge on any atom is 0.319 e. The van der Waals surface area contributed by atoms with E-state index in [9.17, 15) is 4.79 Å². The maximum atomic E-state index is 11.8. The van der Waals surface area contributed by atoms with E-state index < -0.39 is 0 Å². The van der Waals surface area contributed by atoms with E-state index in [-0.39, 0.29) is 12.1 Å². The molecule has 0 aliphatic heterocycles. The van der Waals surface area contributed by atoms with Crippen molar-refractivity contribution in [3.8, 4) is 17.4 Å². The summed E-state index contributed by atoms with van der Waals surface area (Å²) in [5.41, 5.74) is 1.68. The van der Waals surface area contributed by atoms with Crippen LogP contribution in [0.1, 0.15) is 25.8 Å². The van der Waals surface area contributed by atoms with Gasteiger partial charge >= 0.3 is 6.03 Å². The van der Waals surface area contributed by atoms with Gasteiger partial charge in [-0.05, 0) is 44.0 Å². The molecule has 6 heteroatoms. The van der Waals surface area contributed by atoms with Gasteiger partial charge < -0.3 is 20.1 Å². The van der Waals surface area contributed by atoms with Crippen LogP contribution in [-0.4, -0.2) is 24.2 Å². The van der Waals surface area contributed by atoms with Crippen molar-refractivity contribution < 1.29 is 14.3 Å². The molecular formula is C18H23N3O3. The van der Waals surface area contributed by atoms with Gasteiger partial charge in [0.25, 0.3) is 0 Å². The van der Waals surface area contributed by atoms with E-state index in [2.05, 4.69) is 15.6 Å². The highest BCUT2D eigenvalue weighted by Crippen LogP contribution is 2.31. The molecule has 2 rings (SSSR count). The van der Waals surface area contributed by atoms with Crippen molar-refractivity contribution in [1.29, 1.82) is 0 Å². The normalized spacial score (nSPS) is 11.5. The molecule has 0 bridgehead atoms. The number of methoxy groups -OCH3 is 1. The molecule has 6 nitrogen and oxygen atoms in total. The van der Waals surface area contributed by atoms with E-state index in [1.807, 2.05) is 39.0 Å². The number of rotatable bonds is 6. The van der Waals surface area contributed by atoms with Crippen LogP contribution in [0, 0.1) is 6.92 Å². The SMILES string of the molecule is CC[C@@H](C)NC(=O)Nc1ccc(Oc2ccc(C)cc2OC)nc1. The Hall–Kier alpha value is -2.76. The number of carbonyl (C=O) groups is 1. The van der Waals surface area contributed by atoms with E-state index >= 15 is 0 Å². The lowest BCUT2D eigenvalue weighted by molar-refractivity contribution is 0.249. The van der Waals surface area contributed by atoms with E-state index in [0.717, 1.165) is 12.0 Å². The highest BCUT2D eigenvalue weighted by Gasteiger charge is 2.08. The molecule has 0 saturated carbocycles. The Morgan fingerprint density at radius 3 is 2.67 bits per heavy atom. The third-order valence-corrected chi connectivity index (χ3v) is 3.52. The molecule has 2 amide bonds. The summed E-state index contributed by atoms with van der Waals surface area (Å²) in [7, 11) is 1.60. The van der Waals surface area contributed by atoms with Crippen LogP contribution in [0.2, 0.25) is 0 Å². The Morgan fingerprint density at radius 2 is 2.04 bits per heavy atom. The molecule has 0 spiro atoms. The molecule has 2 N–H and O–H groups in total. The first-order chi connectivity index (χ1) is 11.5. The molecule has 0 aliphatic carbocycles. The smallest absolute Gasteiger partial charge is 0.319 e. The number of urea groups is 1. The Kier molecular flexibility index (Phi) is 6.01. The zero-order valence-corrected chi connectivity index (χ0v) is 14.4. The largest absolute Gasteiger partial charge is 0.493 e. The van der Waals surface area contributed by atoms with Crippen LogP contribution in [0.25, 0.3) is 0 Å². The van der Waals surface area contributed by atoms with Crippen molar-refractivity contribution in [2.75, 3.05) is 12.4 Å². The second-order valence-electron chi connectivity index (χ2n) is 5.55. The highest BCUT2D eigenvalue weighted by molar-refractivity contribution is 5.89. The fraction of sp³-hybridized carbons (Fsp3) is 0.333. The van der Waals surface area contributed by atoms with Gasteiger partial charge in [0.05, 0.1) is 19.0 Å². The number of benzene rings is 1. The molecule has 1 aromatic heterocycles. The zero-order chi connectivity index (χ0) is 17.5. The Bertz CT molecular complexity index is 686. The minimum Gasteiger partial charge on any atom is -0.493 e. The lowest BCUT2D eigenvalue weighted by Gasteiger charge is -2.13. The van der Waals surface area contributed by atoms with Gasteiger partial charge in [-0.2, -0.15) is 0 Å².